The second-order valence-corrected chi connectivity index (χ2v) is 7.90. The molecule has 1 aromatic heterocycles. The Morgan fingerprint density at radius 1 is 1.00 bits per heavy atom. The highest BCUT2D eigenvalue weighted by molar-refractivity contribution is 5.90. The molecule has 2 rings (SSSR count). The van der Waals surface area contributed by atoms with E-state index in [1.54, 1.807) is 23.9 Å². The van der Waals surface area contributed by atoms with Gasteiger partial charge >= 0.3 is 0 Å². The highest BCUT2D eigenvalue weighted by atomic mass is 16.5. The summed E-state index contributed by atoms with van der Waals surface area (Å²) in [6, 6.07) is 12.2. The molecule has 0 bridgehead atoms. The fraction of sp³-hybridized carbons (Fsp3) is 0.391. The Hall–Kier alpha value is -3.26. The molecule has 8 heteroatoms. The summed E-state index contributed by atoms with van der Waals surface area (Å²) in [5.41, 5.74) is 3.32. The Balaban J connectivity index is 2.12. The molecule has 0 spiro atoms. The minimum atomic E-state index is -0.807. The highest BCUT2D eigenvalue weighted by Crippen LogP contribution is 2.17. The van der Waals surface area contributed by atoms with E-state index >= 15 is 0 Å². The first-order valence-corrected chi connectivity index (χ1v) is 10.3. The molecular formula is C23H30N4O4. The van der Waals surface area contributed by atoms with Crippen LogP contribution in [-0.2, 0) is 27.3 Å². The Kier molecular flexibility index (Phi) is 9.64. The maximum absolute atomic E-state index is 12.9. The van der Waals surface area contributed by atoms with E-state index in [2.05, 4.69) is 15.6 Å². The van der Waals surface area contributed by atoms with E-state index in [9.17, 15) is 14.4 Å². The first-order chi connectivity index (χ1) is 14.9. The van der Waals surface area contributed by atoms with Crippen molar-refractivity contribution >= 4 is 17.7 Å². The zero-order valence-corrected chi connectivity index (χ0v) is 17.9. The average Bonchev–Trinajstić information content (AvgIpc) is 2.77. The monoisotopic (exact) mass is 426 g/mol. The van der Waals surface area contributed by atoms with E-state index in [-0.39, 0.29) is 24.8 Å². The van der Waals surface area contributed by atoms with Crippen LogP contribution in [0.4, 0.5) is 0 Å². The Morgan fingerprint density at radius 3 is 2.32 bits per heavy atom. The topological polar surface area (TPSA) is 120 Å². The summed E-state index contributed by atoms with van der Waals surface area (Å²) in [6.45, 7) is 4.18. The van der Waals surface area contributed by atoms with Gasteiger partial charge in [0.1, 0.15) is 6.04 Å². The van der Waals surface area contributed by atoms with Crippen molar-refractivity contribution in [2.75, 3.05) is 0 Å². The molecule has 0 aliphatic rings. The predicted molar refractivity (Wildman–Crippen MR) is 116 cm³/mol. The van der Waals surface area contributed by atoms with Crippen LogP contribution in [-0.4, -0.2) is 34.0 Å². The Labute approximate surface area is 182 Å². The van der Waals surface area contributed by atoms with Crippen LogP contribution in [0.2, 0.25) is 0 Å². The summed E-state index contributed by atoms with van der Waals surface area (Å²) in [5, 5.41) is 14.5. The van der Waals surface area contributed by atoms with Crippen LogP contribution < -0.4 is 16.1 Å². The van der Waals surface area contributed by atoms with E-state index in [4.69, 9.17) is 5.21 Å². The molecule has 31 heavy (non-hydrogen) atoms. The molecule has 0 radical (unpaired) electrons. The molecule has 1 heterocycles. The number of aromatic nitrogens is 1. The van der Waals surface area contributed by atoms with Crippen molar-refractivity contribution in [3.8, 4) is 0 Å². The van der Waals surface area contributed by atoms with Gasteiger partial charge in [-0.25, -0.2) is 5.48 Å². The predicted octanol–water partition coefficient (Wildman–Crippen LogP) is 1.98. The quantitative estimate of drug-likeness (QED) is 0.323. The lowest BCUT2D eigenvalue weighted by molar-refractivity contribution is -0.136. The Bertz CT molecular complexity index is 843. The average molecular weight is 427 g/mol. The second-order valence-electron chi connectivity index (χ2n) is 7.90. The molecule has 0 aliphatic heterocycles. The molecule has 2 aromatic rings. The fourth-order valence-corrected chi connectivity index (χ4v) is 3.29. The van der Waals surface area contributed by atoms with Crippen molar-refractivity contribution < 1.29 is 19.6 Å². The van der Waals surface area contributed by atoms with Crippen molar-refractivity contribution in [2.24, 2.45) is 11.8 Å². The molecule has 1 aromatic carbocycles. The molecule has 0 aliphatic carbocycles. The number of carbonyl (C=O) groups excluding carboxylic acids is 3. The van der Waals surface area contributed by atoms with Crippen molar-refractivity contribution in [1.29, 1.82) is 0 Å². The number of hydroxylamine groups is 1. The number of carbonyl (C=O) groups is 3. The van der Waals surface area contributed by atoms with Gasteiger partial charge in [0.05, 0.1) is 0 Å². The van der Waals surface area contributed by atoms with Crippen LogP contribution in [0.1, 0.15) is 37.8 Å². The van der Waals surface area contributed by atoms with Crippen molar-refractivity contribution in [2.45, 2.75) is 45.7 Å². The molecular weight excluding hydrogens is 396 g/mol. The van der Waals surface area contributed by atoms with Gasteiger partial charge in [-0.15, -0.1) is 0 Å². The number of rotatable bonds is 11. The standard InChI is InChI=1S/C23H30N4O4/c1-16(2)11-19(13-21(28)27-31)22(29)26-20(12-17-7-4-3-5-8-17)23(30)25-15-18-9-6-10-24-14-18/h3-10,14,16,19-20,31H,11-13,15H2,1-2H3,(H,25,30)(H,26,29)(H,27,28)/t19?,20-/m0/s1. The molecule has 0 saturated heterocycles. The maximum Gasteiger partial charge on any atom is 0.244 e. The lowest BCUT2D eigenvalue weighted by Gasteiger charge is -2.23. The largest absolute Gasteiger partial charge is 0.350 e. The molecule has 1 unspecified atom stereocenters. The fourth-order valence-electron chi connectivity index (χ4n) is 3.29. The van der Waals surface area contributed by atoms with Gasteiger partial charge in [0.2, 0.25) is 17.7 Å². The highest BCUT2D eigenvalue weighted by Gasteiger charge is 2.28. The van der Waals surface area contributed by atoms with E-state index in [0.717, 1.165) is 11.1 Å². The summed E-state index contributed by atoms with van der Waals surface area (Å²) >= 11 is 0. The first-order valence-electron chi connectivity index (χ1n) is 10.3. The zero-order chi connectivity index (χ0) is 22.6. The number of benzene rings is 1. The van der Waals surface area contributed by atoms with E-state index in [1.165, 1.54) is 0 Å². The van der Waals surface area contributed by atoms with Crippen molar-refractivity contribution in [3.63, 3.8) is 0 Å². The van der Waals surface area contributed by atoms with Crippen LogP contribution in [0.15, 0.2) is 54.9 Å². The smallest absolute Gasteiger partial charge is 0.244 e. The van der Waals surface area contributed by atoms with Gasteiger partial charge in [-0.3, -0.25) is 24.6 Å². The van der Waals surface area contributed by atoms with Crippen LogP contribution in [0, 0.1) is 11.8 Å². The minimum Gasteiger partial charge on any atom is -0.350 e. The van der Waals surface area contributed by atoms with Gasteiger partial charge in [0, 0.05) is 37.7 Å². The third-order valence-electron chi connectivity index (χ3n) is 4.79. The van der Waals surface area contributed by atoms with Gasteiger partial charge in [0.15, 0.2) is 0 Å². The van der Waals surface area contributed by atoms with Crippen molar-refractivity contribution in [1.82, 2.24) is 21.1 Å². The number of hydrogen-bond acceptors (Lipinski definition) is 5. The van der Waals surface area contributed by atoms with Crippen molar-refractivity contribution in [3.05, 3.63) is 66.0 Å². The van der Waals surface area contributed by atoms with Gasteiger partial charge < -0.3 is 10.6 Å². The third kappa shape index (κ3) is 8.55. The van der Waals surface area contributed by atoms with Crippen LogP contribution in [0.3, 0.4) is 0 Å². The summed E-state index contributed by atoms with van der Waals surface area (Å²) < 4.78 is 0. The van der Waals surface area contributed by atoms with Gasteiger partial charge in [0.25, 0.3) is 0 Å². The number of hydrogen-bond donors (Lipinski definition) is 4. The lowest BCUT2D eigenvalue weighted by atomic mass is 9.92. The normalized spacial score (nSPS) is 12.6. The molecule has 0 fully saturated rings. The molecule has 0 saturated carbocycles. The number of nitrogens with one attached hydrogen (secondary N) is 3. The second kappa shape index (κ2) is 12.4. The third-order valence-corrected chi connectivity index (χ3v) is 4.79. The number of nitrogens with zero attached hydrogens (tertiary/aromatic N) is 1. The summed E-state index contributed by atoms with van der Waals surface area (Å²) in [6.07, 6.45) is 3.93. The van der Waals surface area contributed by atoms with Crippen LogP contribution >= 0.6 is 0 Å². The van der Waals surface area contributed by atoms with E-state index in [0.29, 0.717) is 12.8 Å². The minimum absolute atomic E-state index is 0.157. The maximum atomic E-state index is 12.9. The SMILES string of the molecule is CC(C)CC(CC(=O)NO)C(=O)N[C@@H](Cc1ccccc1)C(=O)NCc1cccnc1. The van der Waals surface area contributed by atoms with Crippen LogP contribution in [0.25, 0.3) is 0 Å². The van der Waals surface area contributed by atoms with Gasteiger partial charge in [-0.2, -0.15) is 0 Å². The molecule has 4 N–H and O–H groups in total. The molecule has 8 nitrogen and oxygen atoms in total. The summed E-state index contributed by atoms with van der Waals surface area (Å²) in [5.74, 6) is -1.85. The molecule has 166 valence electrons. The summed E-state index contributed by atoms with van der Waals surface area (Å²) in [4.78, 5) is 41.5. The molecule has 3 amide bonds. The Morgan fingerprint density at radius 2 is 1.71 bits per heavy atom. The zero-order valence-electron chi connectivity index (χ0n) is 17.9. The summed E-state index contributed by atoms with van der Waals surface area (Å²) in [7, 11) is 0. The molecule has 2 atom stereocenters. The van der Waals surface area contributed by atoms with Gasteiger partial charge in [-0.05, 0) is 29.5 Å². The van der Waals surface area contributed by atoms with Crippen LogP contribution in [0.5, 0.6) is 0 Å². The lowest BCUT2D eigenvalue weighted by Crippen LogP contribution is -2.50. The van der Waals surface area contributed by atoms with Gasteiger partial charge in [-0.1, -0.05) is 50.2 Å². The van der Waals surface area contributed by atoms with E-state index < -0.39 is 23.8 Å². The number of pyridine rings is 1. The van der Waals surface area contributed by atoms with E-state index in [1.807, 2.05) is 50.2 Å². The first kappa shape index (κ1) is 24.0. The number of amides is 3.